The molecule has 0 spiro atoms. The molecular weight excluding hydrogens is 352 g/mol. The number of hydrogen-bond donors (Lipinski definition) is 2. The fraction of sp³-hybridized carbons (Fsp3) is 0.267. The molecule has 3 rings (SSSR count). The van der Waals surface area contributed by atoms with Gasteiger partial charge in [0.25, 0.3) is 0 Å². The van der Waals surface area contributed by atoms with Crippen molar-refractivity contribution in [3.63, 3.8) is 0 Å². The number of nitrogens with one attached hydrogen (secondary N) is 1. The standard InChI is InChI=1S/C15H14N2O7S/c1-7-10(14(18)19)11(12-9(16-7)6-24-15(12)20)8-4-3-5-17(21)13(8)25(2,22)23/h3-5,11,16H,6H2,1-2H3,(H,18,19). The number of pyridine rings is 1. The number of rotatable bonds is 3. The van der Waals surface area contributed by atoms with Gasteiger partial charge in [-0.25, -0.2) is 18.0 Å². The smallest absolute Gasteiger partial charge is 0.337 e. The summed E-state index contributed by atoms with van der Waals surface area (Å²) in [6.45, 7) is 1.42. The van der Waals surface area contributed by atoms with E-state index in [1.165, 1.54) is 19.1 Å². The molecule has 1 unspecified atom stereocenters. The van der Waals surface area contributed by atoms with E-state index in [9.17, 15) is 28.3 Å². The van der Waals surface area contributed by atoms with Crippen LogP contribution in [0, 0.1) is 5.21 Å². The summed E-state index contributed by atoms with van der Waals surface area (Å²) in [4.78, 5) is 23.9. The summed E-state index contributed by atoms with van der Waals surface area (Å²) in [6, 6.07) is 2.63. The molecule has 2 aliphatic rings. The predicted octanol–water partition coefficient (Wildman–Crippen LogP) is -0.420. The summed E-state index contributed by atoms with van der Waals surface area (Å²) < 4.78 is 29.3. The van der Waals surface area contributed by atoms with Crippen LogP contribution in [-0.4, -0.2) is 38.3 Å². The fourth-order valence-electron chi connectivity index (χ4n) is 3.15. The molecule has 0 saturated heterocycles. The average molecular weight is 366 g/mol. The van der Waals surface area contributed by atoms with Crippen molar-refractivity contribution in [3.8, 4) is 0 Å². The van der Waals surface area contributed by atoms with Gasteiger partial charge in [0, 0.05) is 18.0 Å². The number of allylic oxidation sites excluding steroid dienone is 1. The average Bonchev–Trinajstić information content (AvgIpc) is 2.84. The van der Waals surface area contributed by atoms with Gasteiger partial charge in [-0.05, 0) is 13.0 Å². The second-order valence-corrected chi connectivity index (χ2v) is 7.67. The molecule has 2 N–H and O–H groups in total. The number of carboxylic acid groups (broad SMARTS) is 1. The van der Waals surface area contributed by atoms with E-state index in [4.69, 9.17) is 4.74 Å². The van der Waals surface area contributed by atoms with Crippen molar-refractivity contribution >= 4 is 21.8 Å². The number of nitrogens with zero attached hydrogens (tertiary/aromatic N) is 1. The van der Waals surface area contributed by atoms with Gasteiger partial charge in [0.1, 0.15) is 6.61 Å². The maximum absolute atomic E-state index is 12.1. The lowest BCUT2D eigenvalue weighted by molar-refractivity contribution is -0.647. The lowest BCUT2D eigenvalue weighted by Gasteiger charge is -2.26. The largest absolute Gasteiger partial charge is 0.618 e. The Morgan fingerprint density at radius 1 is 1.48 bits per heavy atom. The molecule has 0 saturated carbocycles. The zero-order valence-electron chi connectivity index (χ0n) is 13.3. The number of carbonyl (C=O) groups excluding carboxylic acids is 1. The van der Waals surface area contributed by atoms with Gasteiger partial charge in [-0.2, -0.15) is 4.73 Å². The van der Waals surface area contributed by atoms with Crippen molar-refractivity contribution in [1.82, 2.24) is 5.32 Å². The first kappa shape index (κ1) is 17.0. The molecule has 0 bridgehead atoms. The molecule has 1 atom stereocenters. The summed E-state index contributed by atoms with van der Waals surface area (Å²) in [7, 11) is -3.99. The lowest BCUT2D eigenvalue weighted by atomic mass is 9.81. The number of aliphatic carboxylic acids is 1. The third-order valence-electron chi connectivity index (χ3n) is 4.05. The van der Waals surface area contributed by atoms with Crippen LogP contribution in [0.1, 0.15) is 18.4 Å². The van der Waals surface area contributed by atoms with E-state index >= 15 is 0 Å². The highest BCUT2D eigenvalue weighted by Gasteiger charge is 2.44. The van der Waals surface area contributed by atoms with Gasteiger partial charge in [-0.1, -0.05) is 0 Å². The van der Waals surface area contributed by atoms with Crippen molar-refractivity contribution in [2.24, 2.45) is 0 Å². The van der Waals surface area contributed by atoms with E-state index in [1.807, 2.05) is 0 Å². The first-order valence-electron chi connectivity index (χ1n) is 7.16. The number of hydrogen-bond acceptors (Lipinski definition) is 7. The van der Waals surface area contributed by atoms with E-state index < -0.39 is 32.7 Å². The second kappa shape index (κ2) is 5.59. The SMILES string of the molecule is CC1=C(C(=O)O)C(c2ccc[n+]([O-])c2S(C)(=O)=O)C2=C(COC2=O)N1. The Bertz CT molecular complexity index is 974. The van der Waals surface area contributed by atoms with Crippen LogP contribution in [-0.2, 0) is 24.2 Å². The predicted molar refractivity (Wildman–Crippen MR) is 82.7 cm³/mol. The summed E-state index contributed by atoms with van der Waals surface area (Å²) in [5.74, 6) is -3.31. The van der Waals surface area contributed by atoms with Crippen molar-refractivity contribution in [1.29, 1.82) is 0 Å². The highest BCUT2D eigenvalue weighted by atomic mass is 32.2. The van der Waals surface area contributed by atoms with Gasteiger partial charge >= 0.3 is 17.0 Å². The third kappa shape index (κ3) is 2.64. The van der Waals surface area contributed by atoms with Crippen molar-refractivity contribution in [2.75, 3.05) is 12.9 Å². The first-order valence-corrected chi connectivity index (χ1v) is 9.05. The van der Waals surface area contributed by atoms with Gasteiger partial charge in [0.05, 0.1) is 28.3 Å². The van der Waals surface area contributed by atoms with Gasteiger partial charge < -0.3 is 20.4 Å². The van der Waals surface area contributed by atoms with Crippen molar-refractivity contribution in [3.05, 3.63) is 51.6 Å². The Balaban J connectivity index is 2.36. The number of carboxylic acids is 1. The summed E-state index contributed by atoms with van der Waals surface area (Å²) in [5.41, 5.74) is 0.311. The number of ether oxygens (including phenoxy) is 1. The third-order valence-corrected chi connectivity index (χ3v) is 5.17. The molecule has 0 amide bonds. The molecule has 0 aromatic carbocycles. The molecule has 0 fully saturated rings. The van der Waals surface area contributed by atoms with Crippen LogP contribution in [0.3, 0.4) is 0 Å². The van der Waals surface area contributed by atoms with Crippen LogP contribution in [0.5, 0.6) is 0 Å². The first-order chi connectivity index (χ1) is 11.6. The van der Waals surface area contributed by atoms with Crippen molar-refractivity contribution < 1.29 is 32.6 Å². The molecule has 0 radical (unpaired) electrons. The normalized spacial score (nSPS) is 20.2. The molecule has 1 aromatic rings. The van der Waals surface area contributed by atoms with Gasteiger partial charge in [-0.3, -0.25) is 0 Å². The van der Waals surface area contributed by atoms with E-state index in [0.29, 0.717) is 5.70 Å². The van der Waals surface area contributed by atoms with Gasteiger partial charge in [0.2, 0.25) is 9.84 Å². The minimum atomic E-state index is -3.99. The quantitative estimate of drug-likeness (QED) is 0.418. The van der Waals surface area contributed by atoms with Crippen LogP contribution in [0.4, 0.5) is 0 Å². The number of carbonyl (C=O) groups is 2. The monoisotopic (exact) mass is 366 g/mol. The summed E-state index contributed by atoms with van der Waals surface area (Å²) >= 11 is 0. The molecule has 2 aliphatic heterocycles. The van der Waals surface area contributed by atoms with E-state index in [2.05, 4.69) is 5.32 Å². The van der Waals surface area contributed by atoms with E-state index in [-0.39, 0.29) is 33.7 Å². The zero-order chi connectivity index (χ0) is 18.5. The van der Waals surface area contributed by atoms with E-state index in [0.717, 1.165) is 12.5 Å². The maximum Gasteiger partial charge on any atom is 0.337 e. The van der Waals surface area contributed by atoms with Crippen LogP contribution >= 0.6 is 0 Å². The zero-order valence-corrected chi connectivity index (χ0v) is 14.1. The Labute approximate surface area is 142 Å². The number of aromatic nitrogens is 1. The van der Waals surface area contributed by atoms with Crippen LogP contribution in [0.25, 0.3) is 0 Å². The number of sulfone groups is 1. The molecule has 10 heteroatoms. The summed E-state index contributed by atoms with van der Waals surface area (Å²) in [5, 5.41) is 23.9. The maximum atomic E-state index is 12.1. The molecule has 1 aromatic heterocycles. The molecule has 3 heterocycles. The fourth-order valence-corrected chi connectivity index (χ4v) is 4.15. The number of esters is 1. The minimum absolute atomic E-state index is 0.000833. The number of cyclic esters (lactones) is 1. The lowest BCUT2D eigenvalue weighted by Crippen LogP contribution is -2.37. The Kier molecular flexibility index (Phi) is 3.79. The van der Waals surface area contributed by atoms with Crippen LogP contribution in [0.2, 0.25) is 0 Å². The Morgan fingerprint density at radius 2 is 2.16 bits per heavy atom. The molecular formula is C15H14N2O7S. The molecule has 132 valence electrons. The summed E-state index contributed by atoms with van der Waals surface area (Å²) in [6.07, 6.45) is 1.85. The topological polar surface area (TPSA) is 137 Å². The molecule has 9 nitrogen and oxygen atoms in total. The molecule has 25 heavy (non-hydrogen) atoms. The van der Waals surface area contributed by atoms with Crippen LogP contribution < -0.4 is 10.0 Å². The van der Waals surface area contributed by atoms with Gasteiger partial charge in [-0.15, -0.1) is 0 Å². The highest BCUT2D eigenvalue weighted by Crippen LogP contribution is 2.42. The highest BCUT2D eigenvalue weighted by molar-refractivity contribution is 7.90. The second-order valence-electron chi connectivity index (χ2n) is 5.74. The van der Waals surface area contributed by atoms with E-state index in [1.54, 1.807) is 0 Å². The minimum Gasteiger partial charge on any atom is -0.618 e. The Morgan fingerprint density at radius 3 is 2.76 bits per heavy atom. The number of dihydropyridines is 1. The molecule has 0 aliphatic carbocycles. The van der Waals surface area contributed by atoms with Crippen molar-refractivity contribution in [2.45, 2.75) is 17.9 Å². The van der Waals surface area contributed by atoms with Crippen LogP contribution in [0.15, 0.2) is 45.9 Å². The Hall–Kier alpha value is -2.88. The van der Waals surface area contributed by atoms with Gasteiger partial charge in [0.15, 0.2) is 6.20 Å².